The number of piperazine rings is 1. The Labute approximate surface area is 116 Å². The minimum Gasteiger partial charge on any atom is -0.398 e. The van der Waals surface area contributed by atoms with Crippen molar-refractivity contribution in [1.29, 1.82) is 0 Å². The summed E-state index contributed by atoms with van der Waals surface area (Å²) in [5.74, 6) is -0.840. The number of nitrogens with zero attached hydrogens (tertiary/aromatic N) is 1. The molecule has 1 aliphatic heterocycles. The van der Waals surface area contributed by atoms with Crippen molar-refractivity contribution >= 4 is 29.0 Å². The molecule has 1 aliphatic rings. The highest BCUT2D eigenvalue weighted by molar-refractivity contribution is 6.07. The van der Waals surface area contributed by atoms with Crippen molar-refractivity contribution in [3.05, 3.63) is 23.8 Å². The quantitative estimate of drug-likeness (QED) is 0.471. The molecule has 6 nitrogen and oxygen atoms in total. The summed E-state index contributed by atoms with van der Waals surface area (Å²) in [6, 6.07) is 4.92. The summed E-state index contributed by atoms with van der Waals surface area (Å²) in [4.78, 5) is 36.5. The lowest BCUT2D eigenvalue weighted by atomic mass is 9.97. The van der Waals surface area contributed by atoms with Crippen LogP contribution in [0.5, 0.6) is 0 Å². The monoisotopic (exact) mass is 275 g/mol. The molecule has 0 atom stereocenters. The largest absolute Gasteiger partial charge is 0.398 e. The SMILES string of the molecule is CC(=O)c1ccc(N2CC(=O)NC(=O)C2(C)C)cc1N. The smallest absolute Gasteiger partial charge is 0.251 e. The standard InChI is InChI=1S/C14H17N3O3/c1-8(18)10-5-4-9(6-11(10)15)17-7-12(19)16-13(20)14(17,2)3/h4-6H,7,15H2,1-3H3,(H,16,19,20). The van der Waals surface area contributed by atoms with Gasteiger partial charge >= 0.3 is 0 Å². The number of ketones is 1. The van der Waals surface area contributed by atoms with Gasteiger partial charge in [0.15, 0.2) is 5.78 Å². The Morgan fingerprint density at radius 1 is 1.35 bits per heavy atom. The summed E-state index contributed by atoms with van der Waals surface area (Å²) in [5.41, 5.74) is 6.40. The summed E-state index contributed by atoms with van der Waals surface area (Å²) in [7, 11) is 0. The molecule has 20 heavy (non-hydrogen) atoms. The zero-order valence-corrected chi connectivity index (χ0v) is 11.7. The Kier molecular flexibility index (Phi) is 3.25. The van der Waals surface area contributed by atoms with E-state index in [1.54, 1.807) is 36.9 Å². The Balaban J connectivity index is 2.44. The van der Waals surface area contributed by atoms with Crippen LogP contribution in [0.25, 0.3) is 0 Å². The van der Waals surface area contributed by atoms with Gasteiger partial charge in [0.1, 0.15) is 5.54 Å². The highest BCUT2D eigenvalue weighted by Crippen LogP contribution is 2.29. The number of carbonyl (C=O) groups is 3. The van der Waals surface area contributed by atoms with Gasteiger partial charge in [-0.15, -0.1) is 0 Å². The number of anilines is 2. The van der Waals surface area contributed by atoms with Gasteiger partial charge in [-0.25, -0.2) is 0 Å². The van der Waals surface area contributed by atoms with E-state index in [1.165, 1.54) is 6.92 Å². The number of nitrogens with one attached hydrogen (secondary N) is 1. The molecule has 2 amide bonds. The van der Waals surface area contributed by atoms with Crippen LogP contribution in [0.15, 0.2) is 18.2 Å². The van der Waals surface area contributed by atoms with Crippen molar-refractivity contribution < 1.29 is 14.4 Å². The van der Waals surface area contributed by atoms with Gasteiger partial charge in [0.25, 0.3) is 5.91 Å². The third-order valence-electron chi connectivity index (χ3n) is 3.51. The Morgan fingerprint density at radius 3 is 2.55 bits per heavy atom. The second-order valence-corrected chi connectivity index (χ2v) is 5.35. The third-order valence-corrected chi connectivity index (χ3v) is 3.51. The summed E-state index contributed by atoms with van der Waals surface area (Å²) < 4.78 is 0. The van der Waals surface area contributed by atoms with Crippen LogP contribution in [-0.2, 0) is 9.59 Å². The van der Waals surface area contributed by atoms with Crippen LogP contribution >= 0.6 is 0 Å². The maximum atomic E-state index is 11.9. The molecular weight excluding hydrogens is 258 g/mol. The lowest BCUT2D eigenvalue weighted by molar-refractivity contribution is -0.135. The number of carbonyl (C=O) groups excluding carboxylic acids is 3. The summed E-state index contributed by atoms with van der Waals surface area (Å²) in [6.07, 6.45) is 0. The molecule has 1 aromatic rings. The highest BCUT2D eigenvalue weighted by atomic mass is 16.2. The maximum absolute atomic E-state index is 11.9. The molecule has 1 fully saturated rings. The summed E-state index contributed by atoms with van der Waals surface area (Å²) >= 11 is 0. The van der Waals surface area contributed by atoms with Gasteiger partial charge in [-0.2, -0.15) is 0 Å². The van der Waals surface area contributed by atoms with E-state index >= 15 is 0 Å². The number of rotatable bonds is 2. The molecule has 0 unspecified atom stereocenters. The number of hydrogen-bond acceptors (Lipinski definition) is 5. The number of nitrogens with two attached hydrogens (primary N) is 1. The molecule has 6 heteroatoms. The van der Waals surface area contributed by atoms with Gasteiger partial charge in [-0.3, -0.25) is 19.7 Å². The first-order chi connectivity index (χ1) is 9.23. The van der Waals surface area contributed by atoms with Crippen molar-refractivity contribution in [1.82, 2.24) is 5.32 Å². The lowest BCUT2D eigenvalue weighted by Gasteiger charge is -2.41. The molecule has 0 aliphatic carbocycles. The fourth-order valence-corrected chi connectivity index (χ4v) is 2.24. The molecule has 1 aromatic carbocycles. The zero-order chi connectivity index (χ0) is 15.1. The van der Waals surface area contributed by atoms with E-state index in [-0.39, 0.29) is 24.1 Å². The number of amides is 2. The maximum Gasteiger partial charge on any atom is 0.251 e. The molecule has 1 saturated heterocycles. The fraction of sp³-hybridized carbons (Fsp3) is 0.357. The zero-order valence-electron chi connectivity index (χ0n) is 11.7. The average molecular weight is 275 g/mol. The molecule has 3 N–H and O–H groups in total. The van der Waals surface area contributed by atoms with Gasteiger partial charge in [0.05, 0.1) is 6.54 Å². The molecule has 0 saturated carbocycles. The predicted molar refractivity (Wildman–Crippen MR) is 75.4 cm³/mol. The van der Waals surface area contributed by atoms with Crippen molar-refractivity contribution in [2.24, 2.45) is 0 Å². The van der Waals surface area contributed by atoms with E-state index in [0.717, 1.165) is 0 Å². The van der Waals surface area contributed by atoms with Crippen LogP contribution in [0.3, 0.4) is 0 Å². The molecule has 0 bridgehead atoms. The first-order valence-electron chi connectivity index (χ1n) is 6.26. The number of Topliss-reactive ketones (excluding diaryl/α,β-unsaturated/α-hetero) is 1. The Bertz CT molecular complexity index is 608. The van der Waals surface area contributed by atoms with Gasteiger partial charge < -0.3 is 10.6 Å². The van der Waals surface area contributed by atoms with Crippen molar-refractivity contribution in [3.63, 3.8) is 0 Å². The molecule has 0 aromatic heterocycles. The fourth-order valence-electron chi connectivity index (χ4n) is 2.24. The van der Waals surface area contributed by atoms with Gasteiger partial charge in [-0.1, -0.05) is 0 Å². The van der Waals surface area contributed by atoms with E-state index in [1.807, 2.05) is 0 Å². The molecule has 106 valence electrons. The first kappa shape index (κ1) is 14.0. The number of benzene rings is 1. The van der Waals surface area contributed by atoms with Crippen molar-refractivity contribution in [2.45, 2.75) is 26.3 Å². The molecule has 0 radical (unpaired) electrons. The van der Waals surface area contributed by atoms with Crippen LogP contribution < -0.4 is 16.0 Å². The van der Waals surface area contributed by atoms with E-state index in [9.17, 15) is 14.4 Å². The van der Waals surface area contributed by atoms with Gasteiger partial charge in [-0.05, 0) is 39.0 Å². The topological polar surface area (TPSA) is 92.5 Å². The van der Waals surface area contributed by atoms with Crippen LogP contribution in [0.1, 0.15) is 31.1 Å². The number of hydrogen-bond donors (Lipinski definition) is 2. The Morgan fingerprint density at radius 2 is 2.00 bits per heavy atom. The van der Waals surface area contributed by atoms with E-state index < -0.39 is 5.54 Å². The summed E-state index contributed by atoms with van der Waals surface area (Å²) in [6.45, 7) is 4.96. The second-order valence-electron chi connectivity index (χ2n) is 5.35. The van der Waals surface area contributed by atoms with Crippen LogP contribution in [0.4, 0.5) is 11.4 Å². The van der Waals surface area contributed by atoms with Crippen LogP contribution in [0, 0.1) is 0 Å². The lowest BCUT2D eigenvalue weighted by Crippen LogP contribution is -2.64. The minimum absolute atomic E-state index is 0.0671. The number of nitrogen functional groups attached to an aromatic ring is 1. The van der Waals surface area contributed by atoms with E-state index in [2.05, 4.69) is 5.32 Å². The normalized spacial score (nSPS) is 17.9. The highest BCUT2D eigenvalue weighted by Gasteiger charge is 2.41. The van der Waals surface area contributed by atoms with E-state index in [4.69, 9.17) is 5.73 Å². The molecular formula is C14H17N3O3. The van der Waals surface area contributed by atoms with Crippen LogP contribution in [-0.4, -0.2) is 29.7 Å². The van der Waals surface area contributed by atoms with Crippen molar-refractivity contribution in [3.8, 4) is 0 Å². The average Bonchev–Trinajstić information content (AvgIpc) is 2.33. The Hall–Kier alpha value is -2.37. The molecule has 1 heterocycles. The second kappa shape index (κ2) is 4.63. The minimum atomic E-state index is -0.863. The van der Waals surface area contributed by atoms with Crippen LogP contribution in [0.2, 0.25) is 0 Å². The predicted octanol–water partition coefficient (Wildman–Crippen LogP) is 0.713. The molecule has 2 rings (SSSR count). The third kappa shape index (κ3) is 2.24. The van der Waals surface area contributed by atoms with Gasteiger partial charge in [0.2, 0.25) is 5.91 Å². The first-order valence-corrected chi connectivity index (χ1v) is 6.26. The van der Waals surface area contributed by atoms with Crippen molar-refractivity contribution in [2.75, 3.05) is 17.2 Å². The summed E-state index contributed by atoms with van der Waals surface area (Å²) in [5, 5.41) is 2.31. The van der Waals surface area contributed by atoms with Gasteiger partial charge in [0, 0.05) is 16.9 Å². The number of imide groups is 1. The molecule has 0 spiro atoms. The van der Waals surface area contributed by atoms with E-state index in [0.29, 0.717) is 16.9 Å².